The van der Waals surface area contributed by atoms with Crippen LogP contribution in [0.3, 0.4) is 0 Å². The fourth-order valence-electron chi connectivity index (χ4n) is 1.99. The quantitative estimate of drug-likeness (QED) is 0.814. The van der Waals surface area contributed by atoms with Crippen molar-refractivity contribution in [3.8, 4) is 6.07 Å². The molecule has 104 valence electrons. The Balaban J connectivity index is 2.64. The number of para-hydroxylation sites is 1. The van der Waals surface area contributed by atoms with Crippen molar-refractivity contribution >= 4 is 5.69 Å². The van der Waals surface area contributed by atoms with Crippen LogP contribution in [0, 0.1) is 16.7 Å². The van der Waals surface area contributed by atoms with E-state index in [1.807, 2.05) is 0 Å². The molecule has 1 aromatic rings. The summed E-state index contributed by atoms with van der Waals surface area (Å²) in [5.41, 5.74) is 2.64. The summed E-state index contributed by atoms with van der Waals surface area (Å²) in [4.78, 5) is 2.17. The van der Waals surface area contributed by atoms with Gasteiger partial charge in [0.15, 0.2) is 0 Å². The minimum atomic E-state index is 0.140. The summed E-state index contributed by atoms with van der Waals surface area (Å²) in [6.45, 7) is 6.22. The normalized spacial score (nSPS) is 11.4. The average molecular weight is 259 g/mol. The maximum Gasteiger partial charge on any atom is 0.0621 e. The summed E-state index contributed by atoms with van der Waals surface area (Å²) >= 11 is 0. The fourth-order valence-corrected chi connectivity index (χ4v) is 1.99. The molecule has 0 atom stereocenters. The Bertz CT molecular complexity index is 430. The Labute approximate surface area is 117 Å². The van der Waals surface area contributed by atoms with Crippen LogP contribution in [0.1, 0.15) is 32.3 Å². The SMILES string of the molecule is CN(C)Cc1ccccc1NCC(C)(C)CCC#N. The second-order valence-corrected chi connectivity index (χ2v) is 6.07. The van der Waals surface area contributed by atoms with Crippen molar-refractivity contribution in [2.75, 3.05) is 26.0 Å². The third kappa shape index (κ3) is 5.76. The molecule has 3 nitrogen and oxygen atoms in total. The minimum Gasteiger partial charge on any atom is -0.384 e. The molecular formula is C16H25N3. The first kappa shape index (κ1) is 15.5. The smallest absolute Gasteiger partial charge is 0.0621 e. The fraction of sp³-hybridized carbons (Fsp3) is 0.562. The second kappa shape index (κ2) is 7.16. The van der Waals surface area contributed by atoms with Gasteiger partial charge in [0.05, 0.1) is 6.07 Å². The van der Waals surface area contributed by atoms with Crippen molar-refractivity contribution in [2.45, 2.75) is 33.2 Å². The minimum absolute atomic E-state index is 0.140. The molecule has 0 aliphatic rings. The number of anilines is 1. The molecule has 0 bridgehead atoms. The summed E-state index contributed by atoms with van der Waals surface area (Å²) in [6.07, 6.45) is 1.54. The molecule has 0 amide bonds. The van der Waals surface area contributed by atoms with Crippen LogP contribution in [0.2, 0.25) is 0 Å². The number of benzene rings is 1. The third-order valence-corrected chi connectivity index (χ3v) is 3.17. The summed E-state index contributed by atoms with van der Waals surface area (Å²) in [5, 5.41) is 12.2. The highest BCUT2D eigenvalue weighted by Crippen LogP contribution is 2.24. The van der Waals surface area contributed by atoms with Gasteiger partial charge in [-0.15, -0.1) is 0 Å². The molecule has 0 saturated carbocycles. The first-order valence-corrected chi connectivity index (χ1v) is 6.78. The molecule has 1 rings (SSSR count). The van der Waals surface area contributed by atoms with Gasteiger partial charge in [-0.25, -0.2) is 0 Å². The monoisotopic (exact) mass is 259 g/mol. The topological polar surface area (TPSA) is 39.1 Å². The zero-order valence-corrected chi connectivity index (χ0v) is 12.5. The van der Waals surface area contributed by atoms with Crippen molar-refractivity contribution in [2.24, 2.45) is 5.41 Å². The Morgan fingerprint density at radius 3 is 2.58 bits per heavy atom. The van der Waals surface area contributed by atoms with Gasteiger partial charge in [0.2, 0.25) is 0 Å². The van der Waals surface area contributed by atoms with E-state index in [4.69, 9.17) is 5.26 Å². The Morgan fingerprint density at radius 2 is 1.95 bits per heavy atom. The maximum atomic E-state index is 8.68. The van der Waals surface area contributed by atoms with Crippen molar-refractivity contribution in [1.29, 1.82) is 5.26 Å². The predicted octanol–water partition coefficient (Wildman–Crippen LogP) is 3.49. The summed E-state index contributed by atoms with van der Waals surface area (Å²) < 4.78 is 0. The van der Waals surface area contributed by atoms with Crippen LogP contribution in [-0.2, 0) is 6.54 Å². The number of hydrogen-bond acceptors (Lipinski definition) is 3. The average Bonchev–Trinajstić information content (AvgIpc) is 2.35. The van der Waals surface area contributed by atoms with Crippen molar-refractivity contribution in [1.82, 2.24) is 4.90 Å². The van der Waals surface area contributed by atoms with Crippen LogP contribution >= 0.6 is 0 Å². The van der Waals surface area contributed by atoms with Crippen LogP contribution in [0.25, 0.3) is 0 Å². The Hall–Kier alpha value is -1.53. The number of rotatable bonds is 7. The van der Waals surface area contributed by atoms with Crippen molar-refractivity contribution in [3.63, 3.8) is 0 Å². The van der Waals surface area contributed by atoms with Crippen LogP contribution in [-0.4, -0.2) is 25.5 Å². The molecule has 1 N–H and O–H groups in total. The lowest BCUT2D eigenvalue weighted by atomic mass is 9.88. The summed E-state index contributed by atoms with van der Waals surface area (Å²) in [6, 6.07) is 10.6. The molecule has 0 fully saturated rings. The maximum absolute atomic E-state index is 8.68. The highest BCUT2D eigenvalue weighted by atomic mass is 15.1. The molecule has 0 aliphatic heterocycles. The van der Waals surface area contributed by atoms with E-state index in [9.17, 15) is 0 Å². The molecule has 0 heterocycles. The van der Waals surface area contributed by atoms with Gasteiger partial charge in [-0.2, -0.15) is 5.26 Å². The van der Waals surface area contributed by atoms with Gasteiger partial charge in [0, 0.05) is 25.2 Å². The van der Waals surface area contributed by atoms with Gasteiger partial charge in [-0.3, -0.25) is 0 Å². The first-order chi connectivity index (χ1) is 8.94. The van der Waals surface area contributed by atoms with E-state index < -0.39 is 0 Å². The van der Waals surface area contributed by atoms with E-state index in [1.165, 1.54) is 11.3 Å². The highest BCUT2D eigenvalue weighted by Gasteiger charge is 2.17. The highest BCUT2D eigenvalue weighted by molar-refractivity contribution is 5.51. The molecule has 0 spiro atoms. The summed E-state index contributed by atoms with van der Waals surface area (Å²) in [7, 11) is 4.15. The van der Waals surface area contributed by atoms with Crippen LogP contribution in [0.4, 0.5) is 5.69 Å². The van der Waals surface area contributed by atoms with E-state index in [2.05, 4.69) is 68.5 Å². The van der Waals surface area contributed by atoms with E-state index in [1.54, 1.807) is 0 Å². The largest absolute Gasteiger partial charge is 0.384 e. The zero-order chi connectivity index (χ0) is 14.3. The molecule has 0 aromatic heterocycles. The lowest BCUT2D eigenvalue weighted by Gasteiger charge is -2.25. The van der Waals surface area contributed by atoms with E-state index >= 15 is 0 Å². The number of hydrogen-bond donors (Lipinski definition) is 1. The van der Waals surface area contributed by atoms with Crippen molar-refractivity contribution in [3.05, 3.63) is 29.8 Å². The Kier molecular flexibility index (Phi) is 5.85. The summed E-state index contributed by atoms with van der Waals surface area (Å²) in [5.74, 6) is 0. The van der Waals surface area contributed by atoms with E-state index in [-0.39, 0.29) is 5.41 Å². The first-order valence-electron chi connectivity index (χ1n) is 6.78. The van der Waals surface area contributed by atoms with Gasteiger partial charge in [0.25, 0.3) is 0 Å². The molecule has 19 heavy (non-hydrogen) atoms. The Morgan fingerprint density at radius 1 is 1.26 bits per heavy atom. The van der Waals surface area contributed by atoms with Crippen LogP contribution in [0.15, 0.2) is 24.3 Å². The van der Waals surface area contributed by atoms with E-state index in [0.717, 1.165) is 19.5 Å². The standard InChI is InChI=1S/C16H25N3/c1-16(2,10-7-11-17)13-18-15-9-6-5-8-14(15)12-19(3)4/h5-6,8-9,18H,7,10,12-13H2,1-4H3. The molecule has 0 saturated heterocycles. The second-order valence-electron chi connectivity index (χ2n) is 6.07. The molecular weight excluding hydrogens is 234 g/mol. The number of nitriles is 1. The van der Waals surface area contributed by atoms with Gasteiger partial charge in [-0.1, -0.05) is 32.0 Å². The zero-order valence-electron chi connectivity index (χ0n) is 12.5. The van der Waals surface area contributed by atoms with Gasteiger partial charge < -0.3 is 10.2 Å². The van der Waals surface area contributed by atoms with Crippen LogP contribution < -0.4 is 5.32 Å². The lowest BCUT2D eigenvalue weighted by molar-refractivity contribution is 0.363. The molecule has 3 heteroatoms. The van der Waals surface area contributed by atoms with Crippen LogP contribution in [0.5, 0.6) is 0 Å². The molecule has 0 aliphatic carbocycles. The predicted molar refractivity (Wildman–Crippen MR) is 81.0 cm³/mol. The van der Waals surface area contributed by atoms with Gasteiger partial charge >= 0.3 is 0 Å². The molecule has 0 radical (unpaired) electrons. The third-order valence-electron chi connectivity index (χ3n) is 3.17. The van der Waals surface area contributed by atoms with Gasteiger partial charge in [-0.05, 0) is 37.6 Å². The van der Waals surface area contributed by atoms with Gasteiger partial charge in [0.1, 0.15) is 0 Å². The number of nitrogens with one attached hydrogen (secondary N) is 1. The molecule has 1 aromatic carbocycles. The van der Waals surface area contributed by atoms with E-state index in [0.29, 0.717) is 6.42 Å². The van der Waals surface area contributed by atoms with Crippen molar-refractivity contribution < 1.29 is 0 Å². The molecule has 0 unspecified atom stereocenters. The lowest BCUT2D eigenvalue weighted by Crippen LogP contribution is -2.24. The number of nitrogens with zero attached hydrogens (tertiary/aromatic N) is 2.